The molecule has 0 aromatic heterocycles. The number of hydrogen-bond donors (Lipinski definition) is 2. The number of aliphatic carboxylic acids is 1. The van der Waals surface area contributed by atoms with Crippen LogP contribution in [-0.4, -0.2) is 28.6 Å². The number of carboxylic acids is 1. The summed E-state index contributed by atoms with van der Waals surface area (Å²) in [7, 11) is 0. The average Bonchev–Trinajstić information content (AvgIpc) is 2.36. The maximum atomic E-state index is 10.5. The summed E-state index contributed by atoms with van der Waals surface area (Å²) in [5, 5.41) is 12.0. The third-order valence-corrected chi connectivity index (χ3v) is 3.85. The van der Waals surface area contributed by atoms with Crippen molar-refractivity contribution in [2.24, 2.45) is 0 Å². The summed E-state index contributed by atoms with van der Waals surface area (Å²) in [4.78, 5) is 10.5. The lowest BCUT2D eigenvalue weighted by Crippen LogP contribution is -2.40. The molecular weight excluding hydrogens is 266 g/mol. The molecule has 0 aromatic rings. The Morgan fingerprint density at radius 1 is 0.952 bits per heavy atom. The SMILES string of the molecule is CCCCCCCCCCCC(C)(C)NCCC(=O)O.O. The summed E-state index contributed by atoms with van der Waals surface area (Å²) in [6.45, 7) is 7.16. The number of unbranched alkanes of at least 4 members (excludes halogenated alkanes) is 8. The second-order valence-corrected chi connectivity index (χ2v) is 6.53. The molecule has 0 amide bonds. The highest BCUT2D eigenvalue weighted by Crippen LogP contribution is 2.16. The number of nitrogens with one attached hydrogen (secondary N) is 1. The van der Waals surface area contributed by atoms with E-state index < -0.39 is 5.97 Å². The third-order valence-electron chi connectivity index (χ3n) is 3.85. The molecule has 0 aliphatic rings. The first-order chi connectivity index (χ1) is 9.48. The van der Waals surface area contributed by atoms with Gasteiger partial charge in [-0.2, -0.15) is 0 Å². The predicted octanol–water partition coefficient (Wildman–Crippen LogP) is 3.93. The van der Waals surface area contributed by atoms with Gasteiger partial charge in [-0.05, 0) is 20.3 Å². The molecule has 4 N–H and O–H groups in total. The fourth-order valence-corrected chi connectivity index (χ4v) is 2.47. The molecular formula is C17H37NO3. The van der Waals surface area contributed by atoms with E-state index in [9.17, 15) is 4.79 Å². The Morgan fingerprint density at radius 2 is 1.43 bits per heavy atom. The summed E-state index contributed by atoms with van der Waals surface area (Å²) < 4.78 is 0. The third kappa shape index (κ3) is 17.3. The van der Waals surface area contributed by atoms with Crippen molar-refractivity contribution < 1.29 is 15.4 Å². The molecule has 4 nitrogen and oxygen atoms in total. The fourth-order valence-electron chi connectivity index (χ4n) is 2.47. The Labute approximate surface area is 131 Å². The number of hydrogen-bond acceptors (Lipinski definition) is 2. The minimum atomic E-state index is -0.726. The fraction of sp³-hybridized carbons (Fsp3) is 0.941. The van der Waals surface area contributed by atoms with Gasteiger partial charge in [-0.1, -0.05) is 64.7 Å². The van der Waals surface area contributed by atoms with E-state index in [1.54, 1.807) is 0 Å². The van der Waals surface area contributed by atoms with Crippen molar-refractivity contribution in [3.63, 3.8) is 0 Å². The highest BCUT2D eigenvalue weighted by atomic mass is 16.4. The van der Waals surface area contributed by atoms with E-state index >= 15 is 0 Å². The molecule has 0 aliphatic carbocycles. The topological polar surface area (TPSA) is 80.8 Å². The Morgan fingerprint density at radius 3 is 1.90 bits per heavy atom. The second-order valence-electron chi connectivity index (χ2n) is 6.53. The maximum Gasteiger partial charge on any atom is 0.304 e. The first-order valence-corrected chi connectivity index (χ1v) is 8.45. The Kier molecular flexibility index (Phi) is 15.5. The molecule has 0 saturated carbocycles. The largest absolute Gasteiger partial charge is 0.481 e. The zero-order valence-corrected chi connectivity index (χ0v) is 14.3. The summed E-state index contributed by atoms with van der Waals surface area (Å²) >= 11 is 0. The summed E-state index contributed by atoms with van der Waals surface area (Å²) in [5.74, 6) is -0.726. The van der Waals surface area contributed by atoms with Crippen LogP contribution in [0.15, 0.2) is 0 Å². The van der Waals surface area contributed by atoms with Crippen LogP contribution in [0.5, 0.6) is 0 Å². The zero-order chi connectivity index (χ0) is 15.3. The first-order valence-electron chi connectivity index (χ1n) is 8.45. The molecule has 0 aromatic carbocycles. The molecule has 0 radical (unpaired) electrons. The van der Waals surface area contributed by atoms with Gasteiger partial charge in [0.25, 0.3) is 0 Å². The predicted molar refractivity (Wildman–Crippen MR) is 89.8 cm³/mol. The summed E-state index contributed by atoms with van der Waals surface area (Å²) in [6.07, 6.45) is 13.5. The monoisotopic (exact) mass is 303 g/mol. The van der Waals surface area contributed by atoms with Crippen molar-refractivity contribution in [3.8, 4) is 0 Å². The molecule has 4 heteroatoms. The molecule has 0 fully saturated rings. The summed E-state index contributed by atoms with van der Waals surface area (Å²) in [5.41, 5.74) is 0.0660. The summed E-state index contributed by atoms with van der Waals surface area (Å²) in [6, 6.07) is 0. The van der Waals surface area contributed by atoms with E-state index in [2.05, 4.69) is 26.1 Å². The van der Waals surface area contributed by atoms with E-state index in [-0.39, 0.29) is 17.4 Å². The Balaban J connectivity index is 0. The first kappa shape index (κ1) is 22.7. The molecule has 0 bridgehead atoms. The van der Waals surface area contributed by atoms with Crippen LogP contribution in [0.3, 0.4) is 0 Å². The lowest BCUT2D eigenvalue weighted by molar-refractivity contribution is -0.136. The normalized spacial score (nSPS) is 11.2. The minimum absolute atomic E-state index is 0. The smallest absolute Gasteiger partial charge is 0.304 e. The van der Waals surface area contributed by atoms with Crippen LogP contribution < -0.4 is 5.32 Å². The van der Waals surface area contributed by atoms with Crippen molar-refractivity contribution in [2.75, 3.05) is 6.54 Å². The van der Waals surface area contributed by atoms with E-state index in [0.29, 0.717) is 6.54 Å². The Hall–Kier alpha value is -0.610. The van der Waals surface area contributed by atoms with Crippen LogP contribution in [0.4, 0.5) is 0 Å². The lowest BCUT2D eigenvalue weighted by Gasteiger charge is -2.26. The van der Waals surface area contributed by atoms with Crippen LogP contribution in [-0.2, 0) is 4.79 Å². The molecule has 0 atom stereocenters. The molecule has 0 aliphatic heterocycles. The van der Waals surface area contributed by atoms with E-state index in [1.165, 1.54) is 57.8 Å². The van der Waals surface area contributed by atoms with Gasteiger partial charge in [-0.25, -0.2) is 0 Å². The molecule has 0 rings (SSSR count). The van der Waals surface area contributed by atoms with Gasteiger partial charge in [0.05, 0.1) is 6.42 Å². The highest BCUT2D eigenvalue weighted by molar-refractivity contribution is 5.66. The zero-order valence-electron chi connectivity index (χ0n) is 14.3. The van der Waals surface area contributed by atoms with Crippen molar-refractivity contribution in [1.29, 1.82) is 0 Å². The van der Waals surface area contributed by atoms with Gasteiger partial charge in [0, 0.05) is 12.1 Å². The van der Waals surface area contributed by atoms with Gasteiger partial charge in [-0.3, -0.25) is 4.79 Å². The van der Waals surface area contributed by atoms with Gasteiger partial charge in [-0.15, -0.1) is 0 Å². The maximum absolute atomic E-state index is 10.5. The molecule has 0 spiro atoms. The van der Waals surface area contributed by atoms with E-state index in [0.717, 1.165) is 6.42 Å². The van der Waals surface area contributed by atoms with Gasteiger partial charge >= 0.3 is 5.97 Å². The number of rotatable bonds is 14. The molecule has 128 valence electrons. The highest BCUT2D eigenvalue weighted by Gasteiger charge is 2.16. The van der Waals surface area contributed by atoms with Crippen LogP contribution in [0.25, 0.3) is 0 Å². The number of carboxylic acid groups (broad SMARTS) is 1. The van der Waals surface area contributed by atoms with Crippen LogP contribution in [0.1, 0.15) is 91.4 Å². The molecule has 0 heterocycles. The molecule has 0 unspecified atom stereocenters. The van der Waals surface area contributed by atoms with Crippen molar-refractivity contribution >= 4 is 5.97 Å². The average molecular weight is 303 g/mol. The van der Waals surface area contributed by atoms with Crippen molar-refractivity contribution in [1.82, 2.24) is 5.32 Å². The van der Waals surface area contributed by atoms with E-state index in [1.807, 2.05) is 0 Å². The molecule has 21 heavy (non-hydrogen) atoms. The van der Waals surface area contributed by atoms with E-state index in [4.69, 9.17) is 5.11 Å². The number of carbonyl (C=O) groups is 1. The lowest BCUT2D eigenvalue weighted by atomic mass is 9.95. The van der Waals surface area contributed by atoms with Gasteiger partial charge in [0.15, 0.2) is 0 Å². The van der Waals surface area contributed by atoms with Gasteiger partial charge in [0.2, 0.25) is 0 Å². The minimum Gasteiger partial charge on any atom is -0.481 e. The molecule has 0 saturated heterocycles. The van der Waals surface area contributed by atoms with Crippen molar-refractivity contribution in [2.45, 2.75) is 96.9 Å². The van der Waals surface area contributed by atoms with Gasteiger partial charge in [0.1, 0.15) is 0 Å². The van der Waals surface area contributed by atoms with Crippen LogP contribution in [0.2, 0.25) is 0 Å². The van der Waals surface area contributed by atoms with Crippen LogP contribution in [0, 0.1) is 0 Å². The van der Waals surface area contributed by atoms with Crippen LogP contribution >= 0.6 is 0 Å². The quantitative estimate of drug-likeness (QED) is 0.477. The van der Waals surface area contributed by atoms with Gasteiger partial charge < -0.3 is 15.9 Å². The van der Waals surface area contributed by atoms with Crippen molar-refractivity contribution in [3.05, 3.63) is 0 Å². The standard InChI is InChI=1S/C17H35NO2.H2O/c1-4-5-6-7-8-9-10-11-12-14-17(2,3)18-15-13-16(19)20;/h18H,4-15H2,1-3H3,(H,19,20);1H2. The second kappa shape index (κ2) is 14.3. The Bertz CT molecular complexity index is 242.